The SMILES string of the molecule is CC(C)c1ccccc1OCCCCC[NH+]1CCOCC1. The summed E-state index contributed by atoms with van der Waals surface area (Å²) in [4.78, 5) is 1.70. The number of quaternary nitrogens is 1. The van der Waals surface area contributed by atoms with Crippen LogP contribution < -0.4 is 9.64 Å². The van der Waals surface area contributed by atoms with Crippen LogP contribution in [0.25, 0.3) is 0 Å². The van der Waals surface area contributed by atoms with Crippen molar-refractivity contribution >= 4 is 0 Å². The fraction of sp³-hybridized carbons (Fsp3) is 0.667. The van der Waals surface area contributed by atoms with E-state index >= 15 is 0 Å². The fourth-order valence-corrected chi connectivity index (χ4v) is 2.83. The molecule has 0 atom stereocenters. The molecule has 1 N–H and O–H groups in total. The highest BCUT2D eigenvalue weighted by molar-refractivity contribution is 5.35. The van der Waals surface area contributed by atoms with Crippen molar-refractivity contribution in [2.45, 2.75) is 39.0 Å². The first kappa shape index (κ1) is 16.3. The standard InChI is InChI=1S/C18H29NO2/c1-16(2)17-8-4-5-9-18(17)21-13-7-3-6-10-19-11-14-20-15-12-19/h4-5,8-9,16H,3,6-7,10-15H2,1-2H3/p+1. The van der Waals surface area contributed by atoms with Crippen LogP contribution in [-0.2, 0) is 4.74 Å². The third kappa shape index (κ3) is 5.68. The van der Waals surface area contributed by atoms with E-state index in [1.54, 1.807) is 4.90 Å². The molecular weight excluding hydrogens is 262 g/mol. The summed E-state index contributed by atoms with van der Waals surface area (Å²) < 4.78 is 11.3. The molecule has 0 bridgehead atoms. The summed E-state index contributed by atoms with van der Waals surface area (Å²) >= 11 is 0. The van der Waals surface area contributed by atoms with Gasteiger partial charge >= 0.3 is 0 Å². The minimum Gasteiger partial charge on any atom is -0.493 e. The van der Waals surface area contributed by atoms with Gasteiger partial charge < -0.3 is 14.4 Å². The Hall–Kier alpha value is -1.06. The molecule has 3 heteroatoms. The lowest BCUT2D eigenvalue weighted by Crippen LogP contribution is -3.14. The molecule has 1 aliphatic rings. The van der Waals surface area contributed by atoms with E-state index in [1.807, 2.05) is 0 Å². The van der Waals surface area contributed by atoms with Crippen LogP contribution >= 0.6 is 0 Å². The van der Waals surface area contributed by atoms with E-state index in [9.17, 15) is 0 Å². The topological polar surface area (TPSA) is 22.9 Å². The number of morpholine rings is 1. The predicted octanol–water partition coefficient (Wildman–Crippen LogP) is 2.27. The molecule has 1 fully saturated rings. The zero-order chi connectivity index (χ0) is 14.9. The van der Waals surface area contributed by atoms with E-state index in [1.165, 1.54) is 38.0 Å². The molecule has 0 unspecified atom stereocenters. The van der Waals surface area contributed by atoms with Crippen molar-refractivity contribution in [3.8, 4) is 5.75 Å². The fourth-order valence-electron chi connectivity index (χ4n) is 2.83. The van der Waals surface area contributed by atoms with Crippen LogP contribution in [0.1, 0.15) is 44.6 Å². The summed E-state index contributed by atoms with van der Waals surface area (Å²) in [6, 6.07) is 8.41. The quantitative estimate of drug-likeness (QED) is 0.743. The molecule has 1 aromatic carbocycles. The zero-order valence-corrected chi connectivity index (χ0v) is 13.6. The monoisotopic (exact) mass is 292 g/mol. The molecule has 0 amide bonds. The third-order valence-corrected chi connectivity index (χ3v) is 4.17. The summed E-state index contributed by atoms with van der Waals surface area (Å²) in [5.74, 6) is 1.58. The lowest BCUT2D eigenvalue weighted by Gasteiger charge is -2.23. The Kier molecular flexibility index (Phi) is 7.04. The minimum atomic E-state index is 0.520. The van der Waals surface area contributed by atoms with E-state index in [0.29, 0.717) is 5.92 Å². The first-order valence-corrected chi connectivity index (χ1v) is 8.40. The molecule has 0 saturated carbocycles. The molecule has 0 aromatic heterocycles. The van der Waals surface area contributed by atoms with E-state index in [0.717, 1.165) is 32.0 Å². The molecule has 1 saturated heterocycles. The Bertz CT molecular complexity index is 400. The molecular formula is C18H30NO2+. The number of hydrogen-bond donors (Lipinski definition) is 1. The van der Waals surface area contributed by atoms with Gasteiger partial charge in [-0.3, -0.25) is 0 Å². The summed E-state index contributed by atoms with van der Waals surface area (Å²) in [5.41, 5.74) is 1.32. The van der Waals surface area contributed by atoms with Gasteiger partial charge in [0.05, 0.1) is 26.4 Å². The van der Waals surface area contributed by atoms with E-state index in [2.05, 4.69) is 38.1 Å². The van der Waals surface area contributed by atoms with Crippen LogP contribution in [-0.4, -0.2) is 39.5 Å². The van der Waals surface area contributed by atoms with Gasteiger partial charge in [-0.1, -0.05) is 32.0 Å². The van der Waals surface area contributed by atoms with Crippen molar-refractivity contribution in [1.29, 1.82) is 0 Å². The van der Waals surface area contributed by atoms with Gasteiger partial charge in [0, 0.05) is 0 Å². The molecule has 0 radical (unpaired) electrons. The van der Waals surface area contributed by atoms with Gasteiger partial charge in [0.1, 0.15) is 18.8 Å². The Morgan fingerprint density at radius 3 is 2.62 bits per heavy atom. The summed E-state index contributed by atoms with van der Waals surface area (Å²) in [6.45, 7) is 10.8. The van der Waals surface area contributed by atoms with Gasteiger partial charge in [-0.25, -0.2) is 0 Å². The van der Waals surface area contributed by atoms with Gasteiger partial charge in [0.2, 0.25) is 0 Å². The highest BCUT2D eigenvalue weighted by Gasteiger charge is 2.12. The maximum absolute atomic E-state index is 5.96. The normalized spacial score (nSPS) is 16.3. The average Bonchev–Trinajstić information content (AvgIpc) is 2.52. The molecule has 3 nitrogen and oxygen atoms in total. The van der Waals surface area contributed by atoms with Crippen LogP contribution in [0.4, 0.5) is 0 Å². The first-order chi connectivity index (χ1) is 10.3. The minimum absolute atomic E-state index is 0.520. The van der Waals surface area contributed by atoms with Crippen molar-refractivity contribution in [3.63, 3.8) is 0 Å². The van der Waals surface area contributed by atoms with Crippen LogP contribution in [0.5, 0.6) is 5.75 Å². The Morgan fingerprint density at radius 2 is 1.86 bits per heavy atom. The first-order valence-electron chi connectivity index (χ1n) is 8.40. The number of hydrogen-bond acceptors (Lipinski definition) is 2. The third-order valence-electron chi connectivity index (χ3n) is 4.17. The molecule has 1 aliphatic heterocycles. The van der Waals surface area contributed by atoms with Crippen molar-refractivity contribution in [2.24, 2.45) is 0 Å². The molecule has 0 aliphatic carbocycles. The van der Waals surface area contributed by atoms with E-state index in [4.69, 9.17) is 9.47 Å². The molecule has 21 heavy (non-hydrogen) atoms. The Morgan fingerprint density at radius 1 is 1.10 bits per heavy atom. The van der Waals surface area contributed by atoms with E-state index in [-0.39, 0.29) is 0 Å². The second-order valence-electron chi connectivity index (χ2n) is 6.21. The second-order valence-corrected chi connectivity index (χ2v) is 6.21. The summed E-state index contributed by atoms with van der Waals surface area (Å²) in [6.07, 6.45) is 3.70. The number of para-hydroxylation sites is 1. The number of nitrogens with one attached hydrogen (secondary N) is 1. The number of unbranched alkanes of at least 4 members (excludes halogenated alkanes) is 2. The maximum Gasteiger partial charge on any atom is 0.122 e. The Balaban J connectivity index is 1.59. The summed E-state index contributed by atoms with van der Waals surface area (Å²) in [5, 5.41) is 0. The molecule has 1 aromatic rings. The highest BCUT2D eigenvalue weighted by Crippen LogP contribution is 2.25. The van der Waals surface area contributed by atoms with Crippen molar-refractivity contribution in [2.75, 3.05) is 39.5 Å². The van der Waals surface area contributed by atoms with E-state index < -0.39 is 0 Å². The van der Waals surface area contributed by atoms with Crippen LogP contribution in [0, 0.1) is 0 Å². The lowest BCUT2D eigenvalue weighted by molar-refractivity contribution is -0.908. The zero-order valence-electron chi connectivity index (χ0n) is 13.6. The predicted molar refractivity (Wildman–Crippen MR) is 86.3 cm³/mol. The van der Waals surface area contributed by atoms with Gasteiger partial charge in [0.25, 0.3) is 0 Å². The number of benzene rings is 1. The molecule has 0 spiro atoms. The largest absolute Gasteiger partial charge is 0.493 e. The van der Waals surface area contributed by atoms with Crippen LogP contribution in [0.15, 0.2) is 24.3 Å². The molecule has 118 valence electrons. The van der Waals surface area contributed by atoms with Gasteiger partial charge in [-0.15, -0.1) is 0 Å². The number of rotatable bonds is 8. The van der Waals surface area contributed by atoms with Crippen LogP contribution in [0.3, 0.4) is 0 Å². The maximum atomic E-state index is 5.96. The van der Waals surface area contributed by atoms with Gasteiger partial charge in [0.15, 0.2) is 0 Å². The van der Waals surface area contributed by atoms with Crippen molar-refractivity contribution in [1.82, 2.24) is 0 Å². The summed E-state index contributed by atoms with van der Waals surface area (Å²) in [7, 11) is 0. The highest BCUT2D eigenvalue weighted by atomic mass is 16.5. The Labute approximate surface area is 129 Å². The average molecular weight is 292 g/mol. The van der Waals surface area contributed by atoms with Crippen molar-refractivity contribution in [3.05, 3.63) is 29.8 Å². The molecule has 2 rings (SSSR count). The smallest absolute Gasteiger partial charge is 0.122 e. The lowest BCUT2D eigenvalue weighted by atomic mass is 10.0. The second kappa shape index (κ2) is 9.06. The molecule has 1 heterocycles. The van der Waals surface area contributed by atoms with Crippen molar-refractivity contribution < 1.29 is 14.4 Å². The van der Waals surface area contributed by atoms with Gasteiger partial charge in [-0.2, -0.15) is 0 Å². The van der Waals surface area contributed by atoms with Crippen LogP contribution in [0.2, 0.25) is 0 Å². The van der Waals surface area contributed by atoms with Gasteiger partial charge in [-0.05, 0) is 36.8 Å². The number of ether oxygens (including phenoxy) is 2.